The van der Waals surface area contributed by atoms with Gasteiger partial charge in [-0.3, -0.25) is 0 Å². The summed E-state index contributed by atoms with van der Waals surface area (Å²) in [6.45, 7) is 5.41. The van der Waals surface area contributed by atoms with E-state index in [0.29, 0.717) is 24.7 Å². The minimum absolute atomic E-state index is 0.0241. The second-order valence-corrected chi connectivity index (χ2v) is 12.0. The maximum absolute atomic E-state index is 13.5. The Bertz CT molecular complexity index is 1000. The van der Waals surface area contributed by atoms with Crippen LogP contribution in [0.5, 0.6) is 0 Å². The van der Waals surface area contributed by atoms with Gasteiger partial charge in [0.15, 0.2) is 0 Å². The fraction of sp³-hybridized carbons (Fsp3) is 0.609. The molecular formula is C23H30N2O3S. The van der Waals surface area contributed by atoms with Crippen molar-refractivity contribution in [2.45, 2.75) is 51.4 Å². The summed E-state index contributed by atoms with van der Waals surface area (Å²) in [7, 11) is -3.43. The molecule has 6 heteroatoms. The summed E-state index contributed by atoms with van der Waals surface area (Å²) in [5.41, 5.74) is 2.59. The summed E-state index contributed by atoms with van der Waals surface area (Å²) in [4.78, 5) is 0. The molecule has 0 unspecified atom stereocenters. The van der Waals surface area contributed by atoms with E-state index in [-0.39, 0.29) is 16.6 Å². The number of nitrogens with zero attached hydrogens (tertiary/aromatic N) is 2. The lowest BCUT2D eigenvalue weighted by Crippen LogP contribution is -2.50. The van der Waals surface area contributed by atoms with Crippen LogP contribution < -0.4 is 0 Å². The van der Waals surface area contributed by atoms with Crippen molar-refractivity contribution in [1.29, 1.82) is 0 Å². The van der Waals surface area contributed by atoms with Gasteiger partial charge in [-0.05, 0) is 54.6 Å². The smallest absolute Gasteiger partial charge is 0.215 e. The standard InChI is InChI=1S/C23H30N2O3S/c1-21(2)18-8-10-23(21,20(15-18)24-26)16-29(27,28)25-13-11-22(12-14-25)9-7-17-5-3-4-6-19(17)22/h3-7,9,18,26H,8,10-16H2,1-2H3/b24-20+/t18-,23-/m1/s1. The van der Waals surface area contributed by atoms with E-state index in [1.807, 2.05) is 0 Å². The van der Waals surface area contributed by atoms with Crippen LogP contribution in [0.15, 0.2) is 35.5 Å². The zero-order chi connectivity index (χ0) is 20.5. The summed E-state index contributed by atoms with van der Waals surface area (Å²) in [5, 5.41) is 13.2. The molecule has 1 aliphatic heterocycles. The highest BCUT2D eigenvalue weighted by atomic mass is 32.2. The fourth-order valence-corrected chi connectivity index (χ4v) is 8.94. The van der Waals surface area contributed by atoms with Gasteiger partial charge in [-0.1, -0.05) is 55.4 Å². The van der Waals surface area contributed by atoms with Crippen LogP contribution in [0.3, 0.4) is 0 Å². The van der Waals surface area contributed by atoms with Crippen LogP contribution in [0.1, 0.15) is 57.1 Å². The van der Waals surface area contributed by atoms with Gasteiger partial charge >= 0.3 is 0 Å². The summed E-state index contributed by atoms with van der Waals surface area (Å²) < 4.78 is 28.7. The number of rotatable bonds is 3. The first kappa shape index (κ1) is 19.3. The highest BCUT2D eigenvalue weighted by Gasteiger charge is 2.64. The van der Waals surface area contributed by atoms with Gasteiger partial charge in [-0.15, -0.1) is 0 Å². The minimum atomic E-state index is -3.43. The minimum Gasteiger partial charge on any atom is -0.411 e. The lowest BCUT2D eigenvalue weighted by atomic mass is 9.70. The third kappa shape index (κ3) is 2.54. The topological polar surface area (TPSA) is 70.0 Å². The maximum atomic E-state index is 13.5. The van der Waals surface area contributed by atoms with Crippen LogP contribution in [0.25, 0.3) is 6.08 Å². The van der Waals surface area contributed by atoms with Crippen molar-refractivity contribution in [3.63, 3.8) is 0 Å². The Balaban J connectivity index is 1.37. The molecule has 2 bridgehead atoms. The first-order valence-electron chi connectivity index (χ1n) is 10.7. The number of fused-ring (bicyclic) bond motifs is 4. The second kappa shape index (κ2) is 6.17. The van der Waals surface area contributed by atoms with E-state index >= 15 is 0 Å². The molecule has 1 aromatic rings. The summed E-state index contributed by atoms with van der Waals surface area (Å²) in [6.07, 6.45) is 8.65. The molecule has 5 rings (SSSR count). The molecule has 3 fully saturated rings. The molecular weight excluding hydrogens is 384 g/mol. The molecule has 156 valence electrons. The lowest BCUT2D eigenvalue weighted by molar-refractivity contribution is 0.188. The van der Waals surface area contributed by atoms with Crippen LogP contribution in [-0.2, 0) is 15.4 Å². The van der Waals surface area contributed by atoms with Crippen LogP contribution in [0.2, 0.25) is 0 Å². The van der Waals surface area contributed by atoms with Gasteiger partial charge in [-0.25, -0.2) is 12.7 Å². The lowest BCUT2D eigenvalue weighted by Gasteiger charge is -2.42. The third-order valence-corrected chi connectivity index (χ3v) is 10.8. The maximum Gasteiger partial charge on any atom is 0.215 e. The predicted molar refractivity (Wildman–Crippen MR) is 115 cm³/mol. The largest absolute Gasteiger partial charge is 0.411 e. The number of hydrogen-bond donors (Lipinski definition) is 1. The highest BCUT2D eigenvalue weighted by Crippen LogP contribution is 2.64. The summed E-state index contributed by atoms with van der Waals surface area (Å²) in [6, 6.07) is 8.45. The molecule has 1 aromatic carbocycles. The van der Waals surface area contributed by atoms with Gasteiger partial charge < -0.3 is 5.21 Å². The molecule has 1 N–H and O–H groups in total. The Kier molecular flexibility index (Phi) is 4.11. The van der Waals surface area contributed by atoms with Crippen molar-refractivity contribution in [3.05, 3.63) is 41.5 Å². The zero-order valence-corrected chi connectivity index (χ0v) is 18.1. The Morgan fingerprint density at radius 3 is 2.59 bits per heavy atom. The number of sulfonamides is 1. The summed E-state index contributed by atoms with van der Waals surface area (Å²) >= 11 is 0. The molecule has 2 saturated carbocycles. The summed E-state index contributed by atoms with van der Waals surface area (Å²) in [5.74, 6) is 0.482. The van der Waals surface area contributed by atoms with E-state index in [1.54, 1.807) is 4.31 Å². The molecule has 1 heterocycles. The molecule has 29 heavy (non-hydrogen) atoms. The van der Waals surface area contributed by atoms with E-state index in [9.17, 15) is 13.6 Å². The number of benzene rings is 1. The van der Waals surface area contributed by atoms with Crippen molar-refractivity contribution < 1.29 is 13.6 Å². The molecule has 0 radical (unpaired) electrons. The number of allylic oxidation sites excluding steroid dienone is 1. The Hall–Kier alpha value is -1.66. The van der Waals surface area contributed by atoms with Gasteiger partial charge in [0, 0.05) is 23.9 Å². The van der Waals surface area contributed by atoms with E-state index in [4.69, 9.17) is 0 Å². The normalized spacial score (nSPS) is 33.6. The predicted octanol–water partition coefficient (Wildman–Crippen LogP) is 4.03. The van der Waals surface area contributed by atoms with E-state index in [2.05, 4.69) is 55.4 Å². The van der Waals surface area contributed by atoms with Gasteiger partial charge in [0.05, 0.1) is 11.5 Å². The van der Waals surface area contributed by atoms with Crippen LogP contribution in [-0.4, -0.2) is 42.5 Å². The highest BCUT2D eigenvalue weighted by molar-refractivity contribution is 7.89. The van der Waals surface area contributed by atoms with Gasteiger partial charge in [-0.2, -0.15) is 0 Å². The molecule has 3 aliphatic carbocycles. The molecule has 4 aliphatic rings. The number of piperidine rings is 1. The molecule has 5 nitrogen and oxygen atoms in total. The van der Waals surface area contributed by atoms with E-state index < -0.39 is 15.4 Å². The Morgan fingerprint density at radius 1 is 1.17 bits per heavy atom. The van der Waals surface area contributed by atoms with Crippen LogP contribution in [0.4, 0.5) is 0 Å². The van der Waals surface area contributed by atoms with Gasteiger partial charge in [0.1, 0.15) is 0 Å². The SMILES string of the molecule is CC1(C)[C@@H]2CC[C@@]1(CS(=O)(=O)N1CCC3(C=Cc4ccccc43)CC1)/C(=N/O)C2. The quantitative estimate of drug-likeness (QED) is 0.600. The molecule has 2 atom stereocenters. The molecule has 1 spiro atoms. The first-order valence-corrected chi connectivity index (χ1v) is 12.3. The number of hydrogen-bond acceptors (Lipinski definition) is 4. The van der Waals surface area contributed by atoms with Crippen molar-refractivity contribution in [2.24, 2.45) is 21.9 Å². The molecule has 0 amide bonds. The van der Waals surface area contributed by atoms with Gasteiger partial charge in [0.25, 0.3) is 0 Å². The average Bonchev–Trinajstić information content (AvgIpc) is 3.24. The van der Waals surface area contributed by atoms with Gasteiger partial charge in [0.2, 0.25) is 10.0 Å². The van der Waals surface area contributed by atoms with E-state index in [1.165, 1.54) is 11.1 Å². The Labute approximate surface area is 173 Å². The number of oxime groups is 1. The second-order valence-electron chi connectivity index (χ2n) is 10.0. The zero-order valence-electron chi connectivity index (χ0n) is 17.3. The van der Waals surface area contributed by atoms with Crippen molar-refractivity contribution >= 4 is 21.8 Å². The fourth-order valence-electron chi connectivity index (χ4n) is 6.71. The monoisotopic (exact) mass is 414 g/mol. The molecule has 0 aromatic heterocycles. The van der Waals surface area contributed by atoms with Crippen molar-refractivity contribution in [3.8, 4) is 0 Å². The van der Waals surface area contributed by atoms with Crippen molar-refractivity contribution in [2.75, 3.05) is 18.8 Å². The van der Waals surface area contributed by atoms with Crippen LogP contribution >= 0.6 is 0 Å². The van der Waals surface area contributed by atoms with Crippen molar-refractivity contribution in [1.82, 2.24) is 4.31 Å². The Morgan fingerprint density at radius 2 is 1.90 bits per heavy atom. The molecule has 1 saturated heterocycles. The average molecular weight is 415 g/mol. The first-order chi connectivity index (χ1) is 13.7. The van der Waals surface area contributed by atoms with Crippen LogP contribution in [0, 0.1) is 16.7 Å². The third-order valence-electron chi connectivity index (χ3n) is 8.80. The van der Waals surface area contributed by atoms with E-state index in [0.717, 1.165) is 32.1 Å².